The highest BCUT2D eigenvalue weighted by molar-refractivity contribution is 5.30. The molecule has 0 spiro atoms. The number of alkyl halides is 2. The van der Waals surface area contributed by atoms with E-state index in [1.807, 2.05) is 26.8 Å². The highest BCUT2D eigenvalue weighted by Gasteiger charge is 2.09. The van der Waals surface area contributed by atoms with E-state index in [-0.39, 0.29) is 11.8 Å². The molecule has 0 bridgehead atoms. The van der Waals surface area contributed by atoms with Crippen molar-refractivity contribution in [3.8, 4) is 5.75 Å². The Bertz CT molecular complexity index is 359. The van der Waals surface area contributed by atoms with Gasteiger partial charge in [0.05, 0.1) is 12.6 Å². The Labute approximate surface area is 106 Å². The first-order valence-corrected chi connectivity index (χ1v) is 5.91. The van der Waals surface area contributed by atoms with Crippen molar-refractivity contribution in [2.45, 2.75) is 33.4 Å². The van der Waals surface area contributed by atoms with Crippen LogP contribution < -0.4 is 10.2 Å². The lowest BCUT2D eigenvalue weighted by molar-refractivity contribution is -0.0499. The molecule has 0 aromatic heterocycles. The first kappa shape index (κ1) is 14.9. The number of nitrogens with one attached hydrogen (secondary N) is 1. The fourth-order valence-corrected chi connectivity index (χ4v) is 1.37. The van der Waals surface area contributed by atoms with Crippen LogP contribution in [0, 0.1) is 5.92 Å². The number of rotatable bonds is 7. The van der Waals surface area contributed by atoms with Crippen LogP contribution in [0.4, 0.5) is 8.78 Å². The SMILES string of the molecule is CC(C)CONC(C)c1cccc(OC(F)F)c1. The molecule has 0 aliphatic heterocycles. The molecule has 1 rings (SSSR count). The summed E-state index contributed by atoms with van der Waals surface area (Å²) in [5, 5.41) is 0. The largest absolute Gasteiger partial charge is 0.435 e. The molecule has 1 aromatic rings. The van der Waals surface area contributed by atoms with E-state index in [2.05, 4.69) is 10.2 Å². The van der Waals surface area contributed by atoms with Gasteiger partial charge < -0.3 is 9.57 Å². The van der Waals surface area contributed by atoms with Crippen molar-refractivity contribution >= 4 is 0 Å². The average molecular weight is 259 g/mol. The van der Waals surface area contributed by atoms with Crippen LogP contribution in [0.3, 0.4) is 0 Å². The van der Waals surface area contributed by atoms with Crippen LogP contribution in [0.1, 0.15) is 32.4 Å². The van der Waals surface area contributed by atoms with E-state index in [1.54, 1.807) is 12.1 Å². The third-order valence-electron chi connectivity index (χ3n) is 2.26. The molecule has 0 amide bonds. The van der Waals surface area contributed by atoms with Gasteiger partial charge in [-0.1, -0.05) is 26.0 Å². The summed E-state index contributed by atoms with van der Waals surface area (Å²) in [5.41, 5.74) is 3.70. The number of hydrogen-bond donors (Lipinski definition) is 1. The Morgan fingerprint density at radius 3 is 2.56 bits per heavy atom. The topological polar surface area (TPSA) is 30.5 Å². The lowest BCUT2D eigenvalue weighted by Crippen LogP contribution is -2.21. The Kier molecular flexibility index (Phi) is 6.01. The molecule has 18 heavy (non-hydrogen) atoms. The molecule has 0 radical (unpaired) electrons. The minimum Gasteiger partial charge on any atom is -0.435 e. The minimum atomic E-state index is -2.80. The Balaban J connectivity index is 2.54. The third-order valence-corrected chi connectivity index (χ3v) is 2.26. The van der Waals surface area contributed by atoms with E-state index >= 15 is 0 Å². The highest BCUT2D eigenvalue weighted by Crippen LogP contribution is 2.20. The molecule has 0 saturated carbocycles. The van der Waals surface area contributed by atoms with Gasteiger partial charge in [0.1, 0.15) is 5.75 Å². The maximum atomic E-state index is 12.1. The van der Waals surface area contributed by atoms with Crippen LogP contribution in [0.15, 0.2) is 24.3 Å². The summed E-state index contributed by atoms with van der Waals surface area (Å²) in [4.78, 5) is 5.29. The van der Waals surface area contributed by atoms with Crippen LogP contribution in [0.2, 0.25) is 0 Å². The Morgan fingerprint density at radius 1 is 1.22 bits per heavy atom. The zero-order valence-corrected chi connectivity index (χ0v) is 10.8. The number of ether oxygens (including phenoxy) is 1. The van der Waals surface area contributed by atoms with Crippen molar-refractivity contribution in [2.24, 2.45) is 5.92 Å². The second-order valence-electron chi connectivity index (χ2n) is 4.50. The van der Waals surface area contributed by atoms with Crippen LogP contribution in [0.25, 0.3) is 0 Å². The molecule has 0 aliphatic rings. The molecular formula is C13H19F2NO2. The molecule has 0 aliphatic carbocycles. The standard InChI is InChI=1S/C13H19F2NO2/c1-9(2)8-17-16-10(3)11-5-4-6-12(7-11)18-13(14)15/h4-7,9-10,13,16H,8H2,1-3H3. The fourth-order valence-electron chi connectivity index (χ4n) is 1.37. The van der Waals surface area contributed by atoms with Gasteiger partial charge in [-0.3, -0.25) is 0 Å². The predicted molar refractivity (Wildman–Crippen MR) is 65.4 cm³/mol. The second kappa shape index (κ2) is 7.28. The van der Waals surface area contributed by atoms with Crippen molar-refractivity contribution in [1.82, 2.24) is 5.48 Å². The summed E-state index contributed by atoms with van der Waals surface area (Å²) in [6, 6.07) is 6.48. The monoisotopic (exact) mass is 259 g/mol. The Morgan fingerprint density at radius 2 is 1.94 bits per heavy atom. The Hall–Kier alpha value is -1.20. The molecule has 5 heteroatoms. The van der Waals surface area contributed by atoms with Crippen molar-refractivity contribution in [1.29, 1.82) is 0 Å². The van der Waals surface area contributed by atoms with Gasteiger partial charge in [0.25, 0.3) is 0 Å². The fraction of sp³-hybridized carbons (Fsp3) is 0.538. The first-order valence-electron chi connectivity index (χ1n) is 5.91. The second-order valence-corrected chi connectivity index (χ2v) is 4.50. The van der Waals surface area contributed by atoms with Gasteiger partial charge in [-0.05, 0) is 30.5 Å². The number of hydroxylamine groups is 1. The summed E-state index contributed by atoms with van der Waals surface area (Å²) in [6.07, 6.45) is 0. The van der Waals surface area contributed by atoms with Gasteiger partial charge in [-0.15, -0.1) is 0 Å². The molecule has 0 saturated heterocycles. The summed E-state index contributed by atoms with van der Waals surface area (Å²) >= 11 is 0. The van der Waals surface area contributed by atoms with Gasteiger partial charge in [0, 0.05) is 0 Å². The molecule has 1 atom stereocenters. The highest BCUT2D eigenvalue weighted by atomic mass is 19.3. The molecule has 102 valence electrons. The van der Waals surface area contributed by atoms with Crippen molar-refractivity contribution < 1.29 is 18.4 Å². The number of benzene rings is 1. The number of hydrogen-bond acceptors (Lipinski definition) is 3. The summed E-state index contributed by atoms with van der Waals surface area (Å²) < 4.78 is 28.5. The van der Waals surface area contributed by atoms with E-state index in [1.165, 1.54) is 6.07 Å². The summed E-state index contributed by atoms with van der Waals surface area (Å²) in [5.74, 6) is 0.582. The van der Waals surface area contributed by atoms with E-state index in [0.29, 0.717) is 12.5 Å². The molecule has 3 nitrogen and oxygen atoms in total. The lowest BCUT2D eigenvalue weighted by Gasteiger charge is -2.16. The smallest absolute Gasteiger partial charge is 0.387 e. The lowest BCUT2D eigenvalue weighted by atomic mass is 10.1. The maximum absolute atomic E-state index is 12.1. The molecule has 1 unspecified atom stereocenters. The average Bonchev–Trinajstić information content (AvgIpc) is 2.27. The van der Waals surface area contributed by atoms with Gasteiger partial charge in [-0.2, -0.15) is 14.3 Å². The first-order chi connectivity index (χ1) is 8.49. The van der Waals surface area contributed by atoms with Crippen molar-refractivity contribution in [3.63, 3.8) is 0 Å². The van der Waals surface area contributed by atoms with E-state index in [9.17, 15) is 8.78 Å². The van der Waals surface area contributed by atoms with Crippen LogP contribution in [0.5, 0.6) is 5.75 Å². The van der Waals surface area contributed by atoms with Gasteiger partial charge in [0.2, 0.25) is 0 Å². The summed E-state index contributed by atoms with van der Waals surface area (Å²) in [6.45, 7) is 3.77. The van der Waals surface area contributed by atoms with Crippen LogP contribution >= 0.6 is 0 Å². The molecule has 1 N–H and O–H groups in total. The van der Waals surface area contributed by atoms with E-state index in [4.69, 9.17) is 4.84 Å². The molecule has 0 heterocycles. The third kappa shape index (κ3) is 5.42. The maximum Gasteiger partial charge on any atom is 0.387 e. The van der Waals surface area contributed by atoms with Crippen molar-refractivity contribution in [2.75, 3.05) is 6.61 Å². The predicted octanol–water partition coefficient (Wildman–Crippen LogP) is 3.53. The van der Waals surface area contributed by atoms with E-state index in [0.717, 1.165) is 5.56 Å². The van der Waals surface area contributed by atoms with Crippen LogP contribution in [-0.4, -0.2) is 13.2 Å². The van der Waals surface area contributed by atoms with Gasteiger partial charge >= 0.3 is 6.61 Å². The normalized spacial score (nSPS) is 13.1. The quantitative estimate of drug-likeness (QED) is 0.760. The van der Waals surface area contributed by atoms with Crippen LogP contribution in [-0.2, 0) is 4.84 Å². The zero-order valence-electron chi connectivity index (χ0n) is 10.8. The summed E-state index contributed by atoms with van der Waals surface area (Å²) in [7, 11) is 0. The minimum absolute atomic E-state index is 0.0926. The van der Waals surface area contributed by atoms with E-state index < -0.39 is 6.61 Å². The molecule has 1 aromatic carbocycles. The zero-order chi connectivity index (χ0) is 13.5. The molecule has 0 fully saturated rings. The van der Waals surface area contributed by atoms with Crippen molar-refractivity contribution in [3.05, 3.63) is 29.8 Å². The van der Waals surface area contributed by atoms with Gasteiger partial charge in [0.15, 0.2) is 0 Å². The van der Waals surface area contributed by atoms with Gasteiger partial charge in [-0.25, -0.2) is 0 Å². The molecular weight excluding hydrogens is 240 g/mol. The number of halogens is 2.